The van der Waals surface area contributed by atoms with Gasteiger partial charge in [-0.2, -0.15) is 0 Å². The fraction of sp³-hybridized carbons (Fsp3) is 0.462. The van der Waals surface area contributed by atoms with Crippen molar-refractivity contribution in [2.24, 2.45) is 5.73 Å². The zero-order chi connectivity index (χ0) is 15.1. The molecule has 0 bridgehead atoms. The number of nitrogens with two attached hydrogens (primary N) is 1. The third kappa shape index (κ3) is 5.32. The summed E-state index contributed by atoms with van der Waals surface area (Å²) in [4.78, 5) is 2.20. The third-order valence-electron chi connectivity index (χ3n) is 2.59. The first-order valence-electron chi connectivity index (χ1n) is 6.17. The van der Waals surface area contributed by atoms with E-state index in [1.165, 1.54) is 0 Å². The Balaban J connectivity index is 2.45. The number of rotatable bonds is 8. The summed E-state index contributed by atoms with van der Waals surface area (Å²) < 4.78 is 19.7. The van der Waals surface area contributed by atoms with Gasteiger partial charge in [0, 0.05) is 18.7 Å². The zero-order valence-electron chi connectivity index (χ0n) is 11.6. The Hall–Kier alpha value is -0.760. The molecular weight excluding hydrogens is 345 g/mol. The average Bonchev–Trinajstić information content (AvgIpc) is 2.37. The largest absolute Gasteiger partial charge is 0.389 e. The number of hydrogen-bond donors (Lipinski definition) is 2. The van der Waals surface area contributed by atoms with Crippen LogP contribution < -0.4 is 11.1 Å². The minimum atomic E-state index is -0.399. The van der Waals surface area contributed by atoms with Gasteiger partial charge in [-0.1, -0.05) is 12.2 Å². The topological polar surface area (TPSA) is 50.5 Å². The summed E-state index contributed by atoms with van der Waals surface area (Å²) in [5.41, 5.74) is 6.39. The molecule has 7 heteroatoms. The molecule has 0 heterocycles. The van der Waals surface area contributed by atoms with Crippen molar-refractivity contribution in [3.05, 3.63) is 28.0 Å². The lowest BCUT2D eigenvalue weighted by Gasteiger charge is -2.12. The van der Waals surface area contributed by atoms with Crippen molar-refractivity contribution in [2.75, 3.05) is 45.7 Å². The van der Waals surface area contributed by atoms with Gasteiger partial charge >= 0.3 is 0 Å². The summed E-state index contributed by atoms with van der Waals surface area (Å²) in [6, 6.07) is 3.30. The van der Waals surface area contributed by atoms with Crippen LogP contribution >= 0.6 is 28.1 Å². The number of nitrogens with zero attached hydrogens (tertiary/aromatic N) is 1. The van der Waals surface area contributed by atoms with Crippen LogP contribution in [-0.4, -0.2) is 50.3 Å². The van der Waals surface area contributed by atoms with Gasteiger partial charge in [0.2, 0.25) is 0 Å². The molecule has 0 unspecified atom stereocenters. The quantitative estimate of drug-likeness (QED) is 0.547. The molecule has 0 saturated carbocycles. The standard InChI is InChI=1S/C13H19BrFN3OS/c1-18(2)6-8-19-7-5-17-10-4-3-9(13(16)20)11(14)12(10)15/h3-4,17H,5-8H2,1-2H3,(H2,16,20). The smallest absolute Gasteiger partial charge is 0.161 e. The van der Waals surface area contributed by atoms with Crippen molar-refractivity contribution in [1.82, 2.24) is 4.90 Å². The summed E-state index contributed by atoms with van der Waals surface area (Å²) in [6.07, 6.45) is 0. The van der Waals surface area contributed by atoms with Gasteiger partial charge in [0.25, 0.3) is 0 Å². The summed E-state index contributed by atoms with van der Waals surface area (Å²) in [7, 11) is 3.97. The monoisotopic (exact) mass is 363 g/mol. The van der Waals surface area contributed by atoms with E-state index in [0.29, 0.717) is 31.0 Å². The Bertz CT molecular complexity index is 471. The van der Waals surface area contributed by atoms with Gasteiger partial charge in [-0.3, -0.25) is 0 Å². The Morgan fingerprint density at radius 1 is 1.45 bits per heavy atom. The van der Waals surface area contributed by atoms with Gasteiger partial charge in [0.1, 0.15) is 4.99 Å². The molecule has 0 spiro atoms. The van der Waals surface area contributed by atoms with Gasteiger partial charge in [-0.25, -0.2) is 4.39 Å². The number of thiocarbonyl (C=S) groups is 1. The van der Waals surface area contributed by atoms with Gasteiger partial charge in [-0.05, 0) is 42.2 Å². The maximum absolute atomic E-state index is 14.0. The van der Waals surface area contributed by atoms with Crippen LogP contribution in [0.5, 0.6) is 0 Å². The van der Waals surface area contributed by atoms with Gasteiger partial charge in [0.15, 0.2) is 5.82 Å². The molecule has 0 aromatic heterocycles. The van der Waals surface area contributed by atoms with Crippen LogP contribution in [0.1, 0.15) is 5.56 Å². The molecule has 0 atom stereocenters. The van der Waals surface area contributed by atoms with Gasteiger partial charge in [-0.15, -0.1) is 0 Å². The molecule has 0 radical (unpaired) electrons. The number of anilines is 1. The maximum Gasteiger partial charge on any atom is 0.161 e. The van der Waals surface area contributed by atoms with Crippen LogP contribution in [0, 0.1) is 5.82 Å². The Morgan fingerprint density at radius 2 is 2.15 bits per heavy atom. The van der Waals surface area contributed by atoms with Crippen molar-refractivity contribution in [2.45, 2.75) is 0 Å². The molecule has 1 rings (SSSR count). The third-order valence-corrected chi connectivity index (χ3v) is 3.59. The minimum Gasteiger partial charge on any atom is -0.389 e. The first-order chi connectivity index (χ1) is 9.43. The molecule has 112 valence electrons. The zero-order valence-corrected chi connectivity index (χ0v) is 14.0. The second-order valence-corrected chi connectivity index (χ2v) is 5.73. The van der Waals surface area contributed by atoms with Crippen LogP contribution in [0.3, 0.4) is 0 Å². The first kappa shape index (κ1) is 17.3. The lowest BCUT2D eigenvalue weighted by Crippen LogP contribution is -2.20. The second kappa shape index (κ2) is 8.51. The highest BCUT2D eigenvalue weighted by Crippen LogP contribution is 2.26. The predicted octanol–water partition coefficient (Wildman–Crippen LogP) is 2.21. The van der Waals surface area contributed by atoms with E-state index in [2.05, 4.69) is 21.2 Å². The highest BCUT2D eigenvalue weighted by Gasteiger charge is 2.12. The number of likely N-dealkylation sites (N-methyl/N-ethyl adjacent to an activating group) is 1. The molecule has 0 aliphatic carbocycles. The van der Waals surface area contributed by atoms with E-state index in [4.69, 9.17) is 22.7 Å². The van der Waals surface area contributed by atoms with E-state index >= 15 is 0 Å². The van der Waals surface area contributed by atoms with E-state index in [-0.39, 0.29) is 9.46 Å². The Labute approximate surface area is 132 Å². The fourth-order valence-corrected chi connectivity index (χ4v) is 2.34. The minimum absolute atomic E-state index is 0.161. The fourth-order valence-electron chi connectivity index (χ4n) is 1.48. The molecule has 1 aromatic carbocycles. The number of halogens is 2. The van der Waals surface area contributed by atoms with Crippen LogP contribution in [-0.2, 0) is 4.74 Å². The molecule has 4 nitrogen and oxygen atoms in total. The van der Waals surface area contributed by atoms with Crippen LogP contribution in [0.15, 0.2) is 16.6 Å². The molecule has 0 aliphatic heterocycles. The summed E-state index contributed by atoms with van der Waals surface area (Å²) in [5, 5.41) is 2.98. The molecule has 0 amide bonds. The average molecular weight is 364 g/mol. The normalized spacial score (nSPS) is 10.8. The summed E-state index contributed by atoms with van der Waals surface area (Å²) in [5.74, 6) is -0.399. The SMILES string of the molecule is CN(C)CCOCCNc1ccc(C(N)=S)c(Br)c1F. The van der Waals surface area contributed by atoms with E-state index in [9.17, 15) is 4.39 Å². The second-order valence-electron chi connectivity index (χ2n) is 4.50. The Morgan fingerprint density at radius 3 is 2.75 bits per heavy atom. The number of hydrogen-bond acceptors (Lipinski definition) is 4. The molecule has 0 saturated heterocycles. The van der Waals surface area contributed by atoms with Crippen molar-refractivity contribution in [1.29, 1.82) is 0 Å². The van der Waals surface area contributed by atoms with Crippen molar-refractivity contribution in [3.8, 4) is 0 Å². The molecule has 20 heavy (non-hydrogen) atoms. The van der Waals surface area contributed by atoms with E-state index in [0.717, 1.165) is 6.54 Å². The van der Waals surface area contributed by atoms with E-state index in [1.54, 1.807) is 12.1 Å². The molecule has 1 aromatic rings. The lowest BCUT2D eigenvalue weighted by molar-refractivity contribution is 0.126. The van der Waals surface area contributed by atoms with Gasteiger partial charge < -0.3 is 20.7 Å². The molecule has 0 fully saturated rings. The highest BCUT2D eigenvalue weighted by molar-refractivity contribution is 9.10. The van der Waals surface area contributed by atoms with E-state index < -0.39 is 5.82 Å². The Kier molecular flexibility index (Phi) is 7.36. The van der Waals surface area contributed by atoms with Crippen LogP contribution in [0.2, 0.25) is 0 Å². The van der Waals surface area contributed by atoms with Crippen molar-refractivity contribution >= 4 is 38.8 Å². The lowest BCUT2D eigenvalue weighted by atomic mass is 10.2. The van der Waals surface area contributed by atoms with Crippen molar-refractivity contribution in [3.63, 3.8) is 0 Å². The number of nitrogens with one attached hydrogen (secondary N) is 1. The maximum atomic E-state index is 14.0. The molecular formula is C13H19BrFN3OS. The summed E-state index contributed by atoms with van der Waals surface area (Å²) in [6.45, 7) is 2.56. The molecule has 0 aliphatic rings. The first-order valence-corrected chi connectivity index (χ1v) is 7.37. The van der Waals surface area contributed by atoms with Crippen molar-refractivity contribution < 1.29 is 9.13 Å². The predicted molar refractivity (Wildman–Crippen MR) is 87.9 cm³/mol. The number of benzene rings is 1. The van der Waals surface area contributed by atoms with Gasteiger partial charge in [0.05, 0.1) is 23.4 Å². The van der Waals surface area contributed by atoms with E-state index in [1.807, 2.05) is 19.0 Å². The highest BCUT2D eigenvalue weighted by atomic mass is 79.9. The molecule has 3 N–H and O–H groups in total. The van der Waals surface area contributed by atoms with Crippen LogP contribution in [0.25, 0.3) is 0 Å². The number of ether oxygens (including phenoxy) is 1. The van der Waals surface area contributed by atoms with Crippen LogP contribution in [0.4, 0.5) is 10.1 Å². The summed E-state index contributed by atoms with van der Waals surface area (Å²) >= 11 is 8.01.